The molecule has 3 aromatic rings. The molecule has 2 aromatic carbocycles. The molecule has 7 heteroatoms. The fraction of sp³-hybridized carbons (Fsp3) is 0.208. The summed E-state index contributed by atoms with van der Waals surface area (Å²) in [6.45, 7) is 1.94. The Labute approximate surface area is 185 Å². The molecule has 0 radical (unpaired) electrons. The highest BCUT2D eigenvalue weighted by Crippen LogP contribution is 2.47. The van der Waals surface area contributed by atoms with E-state index in [0.29, 0.717) is 11.3 Å². The van der Waals surface area contributed by atoms with Crippen LogP contribution in [-0.4, -0.2) is 30.9 Å². The maximum absolute atomic E-state index is 13.4. The van der Waals surface area contributed by atoms with Gasteiger partial charge >= 0.3 is 0 Å². The monoisotopic (exact) mass is 430 g/mol. The molecule has 1 aliphatic heterocycles. The number of aliphatic imine (C=N–C) groups is 1. The molecule has 1 amide bonds. The van der Waals surface area contributed by atoms with Gasteiger partial charge in [-0.1, -0.05) is 24.3 Å². The zero-order valence-electron chi connectivity index (χ0n) is 17.5. The van der Waals surface area contributed by atoms with E-state index in [1.54, 1.807) is 20.2 Å². The Morgan fingerprint density at radius 1 is 1.19 bits per heavy atom. The lowest BCUT2D eigenvalue weighted by atomic mass is 9.77. The average Bonchev–Trinajstić information content (AvgIpc) is 3.29. The van der Waals surface area contributed by atoms with Crippen LogP contribution in [0.5, 0.6) is 5.75 Å². The molecule has 156 valence electrons. The van der Waals surface area contributed by atoms with E-state index in [1.165, 1.54) is 16.2 Å². The number of carbonyl (C=O) groups is 1. The van der Waals surface area contributed by atoms with E-state index in [1.807, 2.05) is 60.8 Å². The molecule has 0 bridgehead atoms. The summed E-state index contributed by atoms with van der Waals surface area (Å²) in [5.41, 5.74) is 8.59. The van der Waals surface area contributed by atoms with Crippen LogP contribution in [0.15, 0.2) is 65.0 Å². The Bertz CT molecular complexity index is 1230. The van der Waals surface area contributed by atoms with Crippen molar-refractivity contribution in [2.24, 2.45) is 10.7 Å². The minimum atomic E-state index is -0.879. The van der Waals surface area contributed by atoms with Gasteiger partial charge in [0.15, 0.2) is 5.96 Å². The van der Waals surface area contributed by atoms with Crippen molar-refractivity contribution in [3.05, 3.63) is 76.0 Å². The minimum Gasteiger partial charge on any atom is -0.497 e. The normalized spacial score (nSPS) is 20.8. The number of likely N-dealkylation sites (N-methyl/N-ethyl adjacent to an activating group) is 1. The second kappa shape index (κ2) is 7.89. The maximum atomic E-state index is 13.4. The van der Waals surface area contributed by atoms with E-state index < -0.39 is 11.5 Å². The standard InChI is InChI=1S/C24H22N4O2S/c1-24(20-12-18(14-31-20)16-7-4-6-15(10-16)13-25)21(22(29)28(2)23(26)27-24)17-8-5-9-19(11-17)30-3/h4-12,14,21H,1-3H3,(H2,26,27)/t21-,24+/m0/s1. The van der Waals surface area contributed by atoms with Crippen molar-refractivity contribution >= 4 is 23.2 Å². The van der Waals surface area contributed by atoms with E-state index in [-0.39, 0.29) is 11.9 Å². The van der Waals surface area contributed by atoms with Gasteiger partial charge in [-0.15, -0.1) is 11.3 Å². The lowest BCUT2D eigenvalue weighted by Gasteiger charge is -2.40. The van der Waals surface area contributed by atoms with Gasteiger partial charge in [-0.2, -0.15) is 5.26 Å². The number of nitriles is 1. The zero-order valence-corrected chi connectivity index (χ0v) is 18.3. The number of carbonyl (C=O) groups excluding carboxylic acids is 1. The van der Waals surface area contributed by atoms with Crippen LogP contribution in [-0.2, 0) is 10.3 Å². The van der Waals surface area contributed by atoms with Crippen molar-refractivity contribution in [2.75, 3.05) is 14.2 Å². The highest BCUT2D eigenvalue weighted by atomic mass is 32.1. The molecule has 31 heavy (non-hydrogen) atoms. The molecule has 2 atom stereocenters. The summed E-state index contributed by atoms with van der Waals surface area (Å²) in [6, 6.07) is 19.2. The predicted octanol–water partition coefficient (Wildman–Crippen LogP) is 4.08. The lowest BCUT2D eigenvalue weighted by Crippen LogP contribution is -2.52. The van der Waals surface area contributed by atoms with Crippen LogP contribution in [0.25, 0.3) is 11.1 Å². The molecule has 0 fully saturated rings. The molecule has 6 nitrogen and oxygen atoms in total. The third-order valence-electron chi connectivity index (χ3n) is 5.68. The minimum absolute atomic E-state index is 0.121. The van der Waals surface area contributed by atoms with E-state index in [9.17, 15) is 10.1 Å². The summed E-state index contributed by atoms with van der Waals surface area (Å²) in [4.78, 5) is 20.5. The Hall–Kier alpha value is -3.63. The van der Waals surface area contributed by atoms with Crippen LogP contribution in [0.2, 0.25) is 0 Å². The van der Waals surface area contributed by atoms with E-state index in [4.69, 9.17) is 15.5 Å². The molecule has 0 spiro atoms. The summed E-state index contributed by atoms with van der Waals surface area (Å²) in [5, 5.41) is 11.2. The van der Waals surface area contributed by atoms with Gasteiger partial charge in [0.25, 0.3) is 0 Å². The number of nitrogens with two attached hydrogens (primary N) is 1. The summed E-state index contributed by atoms with van der Waals surface area (Å²) < 4.78 is 5.38. The molecule has 0 saturated heterocycles. The highest BCUT2D eigenvalue weighted by molar-refractivity contribution is 7.10. The number of hydrogen-bond acceptors (Lipinski definition) is 6. The largest absolute Gasteiger partial charge is 0.497 e. The van der Waals surface area contributed by atoms with E-state index >= 15 is 0 Å². The number of benzene rings is 2. The van der Waals surface area contributed by atoms with E-state index in [0.717, 1.165) is 21.6 Å². The first-order valence-corrected chi connectivity index (χ1v) is 10.6. The van der Waals surface area contributed by atoms with E-state index in [2.05, 4.69) is 6.07 Å². The third kappa shape index (κ3) is 3.56. The average molecular weight is 431 g/mol. The molecular weight excluding hydrogens is 408 g/mol. The van der Waals surface area contributed by atoms with Crippen molar-refractivity contribution in [1.29, 1.82) is 5.26 Å². The van der Waals surface area contributed by atoms with Crippen molar-refractivity contribution in [3.63, 3.8) is 0 Å². The topological polar surface area (TPSA) is 91.7 Å². The van der Waals surface area contributed by atoms with Crippen LogP contribution in [0.3, 0.4) is 0 Å². The SMILES string of the molecule is COc1cccc([C@H]2C(=O)N(C)C(N)=N[C@]2(C)c2cc(-c3cccc(C#N)c3)cs2)c1. The number of nitrogens with zero attached hydrogens (tertiary/aromatic N) is 3. The smallest absolute Gasteiger partial charge is 0.239 e. The second-order valence-electron chi connectivity index (χ2n) is 7.62. The number of methoxy groups -OCH3 is 1. The van der Waals surface area contributed by atoms with Crippen molar-refractivity contribution < 1.29 is 9.53 Å². The van der Waals surface area contributed by atoms with Gasteiger partial charge in [-0.3, -0.25) is 9.69 Å². The number of rotatable bonds is 4. The van der Waals surface area contributed by atoms with Crippen molar-refractivity contribution in [1.82, 2.24) is 4.90 Å². The Morgan fingerprint density at radius 3 is 2.71 bits per heavy atom. The van der Waals surface area contributed by atoms with Crippen LogP contribution in [0.1, 0.15) is 28.8 Å². The fourth-order valence-corrected chi connectivity index (χ4v) is 4.99. The quantitative estimate of drug-likeness (QED) is 0.675. The number of guanidine groups is 1. The molecule has 1 aromatic heterocycles. The lowest BCUT2D eigenvalue weighted by molar-refractivity contribution is -0.130. The van der Waals surface area contributed by atoms with Gasteiger partial charge in [0.05, 0.1) is 24.7 Å². The van der Waals surface area contributed by atoms with Gasteiger partial charge in [0.2, 0.25) is 5.91 Å². The van der Waals surface area contributed by atoms with Gasteiger partial charge in [0, 0.05) is 11.9 Å². The maximum Gasteiger partial charge on any atom is 0.239 e. The highest BCUT2D eigenvalue weighted by Gasteiger charge is 2.48. The van der Waals surface area contributed by atoms with Crippen LogP contribution in [0.4, 0.5) is 0 Å². The summed E-state index contributed by atoms with van der Waals surface area (Å²) >= 11 is 1.53. The van der Waals surface area contributed by atoms with Crippen LogP contribution < -0.4 is 10.5 Å². The molecule has 0 aliphatic carbocycles. The molecular formula is C24H22N4O2S. The van der Waals surface area contributed by atoms with Crippen LogP contribution >= 0.6 is 11.3 Å². The molecule has 2 N–H and O–H groups in total. The number of ether oxygens (including phenoxy) is 1. The van der Waals surface area contributed by atoms with Crippen LogP contribution in [0, 0.1) is 11.3 Å². The number of amides is 1. The second-order valence-corrected chi connectivity index (χ2v) is 8.53. The van der Waals surface area contributed by atoms with Gasteiger partial charge < -0.3 is 10.5 Å². The van der Waals surface area contributed by atoms with Gasteiger partial charge in [0.1, 0.15) is 11.3 Å². The number of hydrogen-bond donors (Lipinski definition) is 1. The summed E-state index contributed by atoms with van der Waals surface area (Å²) in [7, 11) is 3.24. The molecule has 0 unspecified atom stereocenters. The third-order valence-corrected chi connectivity index (χ3v) is 6.84. The molecule has 4 rings (SSSR count). The zero-order chi connectivity index (χ0) is 22.2. The molecule has 0 saturated carbocycles. The summed E-state index contributed by atoms with van der Waals surface area (Å²) in [6.07, 6.45) is 0. The van der Waals surface area contributed by atoms with Gasteiger partial charge in [-0.25, -0.2) is 4.99 Å². The Balaban J connectivity index is 1.84. The van der Waals surface area contributed by atoms with Crippen molar-refractivity contribution in [2.45, 2.75) is 18.4 Å². The predicted molar refractivity (Wildman–Crippen MR) is 122 cm³/mol. The number of thiophene rings is 1. The Kier molecular flexibility index (Phi) is 5.25. The summed E-state index contributed by atoms with van der Waals surface area (Å²) in [5.74, 6) is 0.188. The molecule has 1 aliphatic rings. The fourth-order valence-electron chi connectivity index (χ4n) is 3.93. The van der Waals surface area contributed by atoms with Crippen molar-refractivity contribution in [3.8, 4) is 22.9 Å². The van der Waals surface area contributed by atoms with Gasteiger partial charge in [-0.05, 0) is 59.3 Å². The first-order valence-electron chi connectivity index (χ1n) is 9.74. The molecule has 2 heterocycles. The first-order chi connectivity index (χ1) is 14.9. The first kappa shape index (κ1) is 20.6. The Morgan fingerprint density at radius 2 is 1.97 bits per heavy atom.